The summed E-state index contributed by atoms with van der Waals surface area (Å²) >= 11 is 0. The highest BCUT2D eigenvalue weighted by Gasteiger charge is 2.29. The van der Waals surface area contributed by atoms with Crippen LogP contribution in [0.25, 0.3) is 22.2 Å². The Balaban J connectivity index is 1.47. The van der Waals surface area contributed by atoms with Gasteiger partial charge in [-0.2, -0.15) is 13.2 Å². The Kier molecular flexibility index (Phi) is 7.25. The molecule has 0 aliphatic rings. The second-order valence-corrected chi connectivity index (χ2v) is 8.54. The molecule has 0 spiro atoms. The van der Waals surface area contributed by atoms with Gasteiger partial charge in [-0.25, -0.2) is 14.4 Å². The molecular weight excluding hydrogens is 440 g/mol. The second kappa shape index (κ2) is 10.3. The molecule has 0 radical (unpaired) electrons. The average molecular weight is 467 g/mol. The maximum Gasteiger partial charge on any atom is 0.416 e. The van der Waals surface area contributed by atoms with Gasteiger partial charge >= 0.3 is 6.18 Å². The number of hydrogen-bond acceptors (Lipinski definition) is 2. The molecule has 2 nitrogen and oxygen atoms in total. The summed E-state index contributed by atoms with van der Waals surface area (Å²) in [5.41, 5.74) is 2.52. The molecule has 3 aromatic carbocycles. The van der Waals surface area contributed by atoms with Crippen LogP contribution in [0.2, 0.25) is 0 Å². The molecule has 0 amide bonds. The molecule has 1 aromatic heterocycles. The van der Waals surface area contributed by atoms with Crippen molar-refractivity contribution < 1.29 is 17.6 Å². The van der Waals surface area contributed by atoms with Crippen molar-refractivity contribution >= 4 is 10.8 Å². The van der Waals surface area contributed by atoms with E-state index < -0.39 is 11.7 Å². The maximum atomic E-state index is 15.1. The van der Waals surface area contributed by atoms with Crippen molar-refractivity contribution in [3.05, 3.63) is 95.1 Å². The normalized spacial score (nSPS) is 11.8. The standard InChI is InChI=1S/C28H26F4N2/c1-2-3-4-5-20-17-33-27(34-18-20)23-12-15-25-22(16-23)11-10-21(26(25)29)9-6-19-7-13-24(14-8-19)28(30,31)32/h7-8,10-18H,2-6,9H2,1H3. The summed E-state index contributed by atoms with van der Waals surface area (Å²) in [5.74, 6) is 0.302. The first kappa shape index (κ1) is 23.9. The van der Waals surface area contributed by atoms with Crippen molar-refractivity contribution in [1.82, 2.24) is 9.97 Å². The lowest BCUT2D eigenvalue weighted by molar-refractivity contribution is -0.137. The second-order valence-electron chi connectivity index (χ2n) is 8.54. The van der Waals surface area contributed by atoms with Crippen LogP contribution in [0.1, 0.15) is 48.4 Å². The van der Waals surface area contributed by atoms with Crippen LogP contribution in [0.15, 0.2) is 67.0 Å². The third-order valence-corrected chi connectivity index (χ3v) is 6.03. The van der Waals surface area contributed by atoms with E-state index in [1.165, 1.54) is 25.0 Å². The van der Waals surface area contributed by atoms with Crippen LogP contribution in [-0.2, 0) is 25.4 Å². The van der Waals surface area contributed by atoms with Crippen LogP contribution in [0.3, 0.4) is 0 Å². The molecule has 4 aromatic rings. The van der Waals surface area contributed by atoms with E-state index in [0.717, 1.165) is 47.1 Å². The smallest absolute Gasteiger partial charge is 0.236 e. The zero-order chi connectivity index (χ0) is 24.1. The summed E-state index contributed by atoms with van der Waals surface area (Å²) in [5, 5.41) is 1.26. The maximum absolute atomic E-state index is 15.1. The van der Waals surface area contributed by atoms with Crippen molar-refractivity contribution in [2.75, 3.05) is 0 Å². The zero-order valence-electron chi connectivity index (χ0n) is 19.0. The highest BCUT2D eigenvalue weighted by atomic mass is 19.4. The Morgan fingerprint density at radius 2 is 1.50 bits per heavy atom. The van der Waals surface area contributed by atoms with Crippen LogP contribution in [0.5, 0.6) is 0 Å². The molecule has 0 unspecified atom stereocenters. The Labute approximate surface area is 196 Å². The van der Waals surface area contributed by atoms with E-state index in [1.54, 1.807) is 12.1 Å². The van der Waals surface area contributed by atoms with E-state index in [-0.39, 0.29) is 5.82 Å². The topological polar surface area (TPSA) is 25.8 Å². The van der Waals surface area contributed by atoms with Gasteiger partial charge in [-0.05, 0) is 66.0 Å². The van der Waals surface area contributed by atoms with Crippen LogP contribution in [0.4, 0.5) is 17.6 Å². The van der Waals surface area contributed by atoms with E-state index in [0.29, 0.717) is 29.6 Å². The molecule has 0 atom stereocenters. The Morgan fingerprint density at radius 1 is 0.765 bits per heavy atom. The molecule has 0 aliphatic heterocycles. The van der Waals surface area contributed by atoms with Crippen LogP contribution in [0, 0.1) is 5.82 Å². The SMILES string of the molecule is CCCCCc1cnc(-c2ccc3c(F)c(CCc4ccc(C(F)(F)F)cc4)ccc3c2)nc1. The Hall–Kier alpha value is -3.28. The fourth-order valence-corrected chi connectivity index (χ4v) is 4.02. The molecule has 1 heterocycles. The van der Waals surface area contributed by atoms with Crippen molar-refractivity contribution in [2.24, 2.45) is 0 Å². The number of aromatic nitrogens is 2. The largest absolute Gasteiger partial charge is 0.416 e. The quantitative estimate of drug-likeness (QED) is 0.194. The molecule has 34 heavy (non-hydrogen) atoms. The fraction of sp³-hybridized carbons (Fsp3) is 0.286. The van der Waals surface area contributed by atoms with Crippen molar-refractivity contribution in [3.63, 3.8) is 0 Å². The number of hydrogen-bond donors (Lipinski definition) is 0. The van der Waals surface area contributed by atoms with Gasteiger partial charge < -0.3 is 0 Å². The van der Waals surface area contributed by atoms with Crippen LogP contribution in [-0.4, -0.2) is 9.97 Å². The van der Waals surface area contributed by atoms with Gasteiger partial charge in [-0.3, -0.25) is 0 Å². The summed E-state index contributed by atoms with van der Waals surface area (Å²) in [6, 6.07) is 14.1. The van der Waals surface area contributed by atoms with Gasteiger partial charge in [0.15, 0.2) is 5.82 Å². The average Bonchev–Trinajstić information content (AvgIpc) is 2.84. The zero-order valence-corrected chi connectivity index (χ0v) is 19.0. The molecule has 0 saturated heterocycles. The Bertz CT molecular complexity index is 1250. The minimum Gasteiger partial charge on any atom is -0.236 e. The first-order valence-electron chi connectivity index (χ1n) is 11.5. The van der Waals surface area contributed by atoms with E-state index in [9.17, 15) is 13.2 Å². The third kappa shape index (κ3) is 5.61. The number of halogens is 4. The number of rotatable bonds is 8. The third-order valence-electron chi connectivity index (χ3n) is 6.03. The minimum atomic E-state index is -4.36. The summed E-state index contributed by atoms with van der Waals surface area (Å²) in [6.07, 6.45) is 4.65. The first-order chi connectivity index (χ1) is 16.3. The summed E-state index contributed by atoms with van der Waals surface area (Å²) in [4.78, 5) is 8.97. The van der Waals surface area contributed by atoms with E-state index in [4.69, 9.17) is 0 Å². The van der Waals surface area contributed by atoms with E-state index in [2.05, 4.69) is 16.9 Å². The lowest BCUT2D eigenvalue weighted by Crippen LogP contribution is -2.04. The highest BCUT2D eigenvalue weighted by molar-refractivity contribution is 5.87. The molecule has 4 rings (SSSR count). The molecule has 6 heteroatoms. The van der Waals surface area contributed by atoms with Crippen molar-refractivity contribution in [1.29, 1.82) is 0 Å². The van der Waals surface area contributed by atoms with Gasteiger partial charge in [-0.15, -0.1) is 0 Å². The van der Waals surface area contributed by atoms with Gasteiger partial charge in [0.1, 0.15) is 5.82 Å². The number of alkyl halides is 3. The monoisotopic (exact) mass is 466 g/mol. The summed E-state index contributed by atoms with van der Waals surface area (Å²) in [6.45, 7) is 2.17. The minimum absolute atomic E-state index is 0.303. The number of nitrogens with zero attached hydrogens (tertiary/aromatic N) is 2. The number of unbranched alkanes of at least 4 members (excludes halogenated alkanes) is 2. The molecule has 0 saturated carbocycles. The molecule has 0 bridgehead atoms. The van der Waals surface area contributed by atoms with E-state index >= 15 is 4.39 Å². The highest BCUT2D eigenvalue weighted by Crippen LogP contribution is 2.30. The molecule has 0 fully saturated rings. The van der Waals surface area contributed by atoms with Gasteiger partial charge in [0.05, 0.1) is 5.56 Å². The lowest BCUT2D eigenvalue weighted by atomic mass is 9.98. The van der Waals surface area contributed by atoms with Crippen LogP contribution >= 0.6 is 0 Å². The van der Waals surface area contributed by atoms with Crippen LogP contribution < -0.4 is 0 Å². The number of fused-ring (bicyclic) bond motifs is 1. The first-order valence-corrected chi connectivity index (χ1v) is 11.5. The molecule has 0 N–H and O–H groups in total. The van der Waals surface area contributed by atoms with Crippen molar-refractivity contribution in [3.8, 4) is 11.4 Å². The predicted octanol–water partition coefficient (Wildman–Crippen LogP) is 7.97. The summed E-state index contributed by atoms with van der Waals surface area (Å²) < 4.78 is 53.3. The molecular formula is C28H26F4N2. The van der Waals surface area contributed by atoms with Gasteiger partial charge in [0.25, 0.3) is 0 Å². The summed E-state index contributed by atoms with van der Waals surface area (Å²) in [7, 11) is 0. The fourth-order valence-electron chi connectivity index (χ4n) is 4.02. The molecule has 0 aliphatic carbocycles. The van der Waals surface area contributed by atoms with Gasteiger partial charge in [-0.1, -0.05) is 56.2 Å². The number of benzene rings is 3. The molecule has 176 valence electrons. The lowest BCUT2D eigenvalue weighted by Gasteiger charge is -2.10. The predicted molar refractivity (Wildman–Crippen MR) is 127 cm³/mol. The van der Waals surface area contributed by atoms with Gasteiger partial charge in [0, 0.05) is 23.3 Å². The van der Waals surface area contributed by atoms with Crippen molar-refractivity contribution in [2.45, 2.75) is 51.6 Å². The van der Waals surface area contributed by atoms with Gasteiger partial charge in [0.2, 0.25) is 0 Å². The number of aryl methyl sites for hydroxylation is 3. The van der Waals surface area contributed by atoms with E-state index in [1.807, 2.05) is 30.6 Å². The Morgan fingerprint density at radius 3 is 2.18 bits per heavy atom.